The summed E-state index contributed by atoms with van der Waals surface area (Å²) < 4.78 is 24.5. The fourth-order valence-corrected chi connectivity index (χ4v) is 2.64. The number of aryl methyl sites for hydroxylation is 3. The van der Waals surface area contributed by atoms with E-state index in [4.69, 9.17) is 14.8 Å². The standard InChI is InChI=1S/C12H14N2O.C7H6FNO3.C4H6N2.CH2O3.CH4.2K.H/c1-9-4-5-11(12(6-9)15-3)14-7-10(2)13-8-14;1-12-7-4-5(9(10)11)2-3-6(7)8;1-4-2-5-3-6-4;2-1-4-3;;;;/h4-8H,1-3H3;2-4H,1H3;2-3H,1H3,(H,5,6);1,3H;1H4;;;/q;;;;;2*+1;-1/p-1. The largest absolute Gasteiger partial charge is 1.00 e. The van der Waals surface area contributed by atoms with Crippen LogP contribution in [0.15, 0.2) is 61.4 Å². The zero-order chi connectivity index (χ0) is 27.8. The minimum Gasteiger partial charge on any atom is -1.00 e. The molecule has 1 N–H and O–H groups in total. The van der Waals surface area contributed by atoms with Crippen LogP contribution in [-0.4, -0.2) is 45.1 Å². The summed E-state index contributed by atoms with van der Waals surface area (Å²) in [5.74, 6) is 0.139. The molecule has 4 rings (SSSR count). The fraction of sp³-hybridized carbons (Fsp3) is 0.240. The smallest absolute Gasteiger partial charge is 1.00 e. The van der Waals surface area contributed by atoms with Gasteiger partial charge >= 0.3 is 103 Å². The second-order valence-electron chi connectivity index (χ2n) is 7.10. The maximum atomic E-state index is 12.7. The maximum absolute atomic E-state index is 12.7. The molecule has 0 aliphatic carbocycles. The van der Waals surface area contributed by atoms with Crippen molar-refractivity contribution in [3.8, 4) is 17.2 Å². The molecule has 2 heterocycles. The summed E-state index contributed by atoms with van der Waals surface area (Å²) in [6, 6.07) is 9.23. The quantitative estimate of drug-likeness (QED) is 0.0899. The fourth-order valence-electron chi connectivity index (χ4n) is 2.64. The van der Waals surface area contributed by atoms with Crippen molar-refractivity contribution in [1.82, 2.24) is 19.5 Å². The monoisotopic (exact) mass is 611 g/mol. The summed E-state index contributed by atoms with van der Waals surface area (Å²) in [6.45, 7) is 5.80. The molecule has 0 fully saturated rings. The van der Waals surface area contributed by atoms with Crippen molar-refractivity contribution in [2.45, 2.75) is 28.2 Å². The van der Waals surface area contributed by atoms with Gasteiger partial charge in [0.25, 0.3) is 12.2 Å². The molecular weight excluding hydrogens is 579 g/mol. The van der Waals surface area contributed by atoms with E-state index in [0.29, 0.717) is 0 Å². The molecule has 12 nitrogen and oxygen atoms in total. The summed E-state index contributed by atoms with van der Waals surface area (Å²) >= 11 is 0. The summed E-state index contributed by atoms with van der Waals surface area (Å²) in [5.41, 5.74) is 4.12. The van der Waals surface area contributed by atoms with Crippen molar-refractivity contribution in [2.24, 2.45) is 0 Å². The van der Waals surface area contributed by atoms with Crippen molar-refractivity contribution in [3.63, 3.8) is 0 Å². The van der Waals surface area contributed by atoms with E-state index in [1.165, 1.54) is 12.7 Å². The normalized spacial score (nSPS) is 8.57. The molecule has 2 aromatic heterocycles. The van der Waals surface area contributed by atoms with Gasteiger partial charge in [-0.1, -0.05) is 13.5 Å². The number of carbonyl (C=O) groups is 1. The number of hydrogen-bond donors (Lipinski definition) is 1. The first-order valence-electron chi connectivity index (χ1n) is 10.5. The first-order valence-corrected chi connectivity index (χ1v) is 10.5. The number of non-ortho nitro benzene ring substituents is 1. The average molecular weight is 612 g/mol. The number of imidazole rings is 2. The first-order chi connectivity index (χ1) is 17.7. The molecule has 0 aliphatic heterocycles. The predicted octanol–water partition coefficient (Wildman–Crippen LogP) is -1.85. The molecule has 2 aromatic carbocycles. The van der Waals surface area contributed by atoms with Crippen LogP contribution in [0.2, 0.25) is 0 Å². The molecule has 0 spiro atoms. The van der Waals surface area contributed by atoms with Crippen LogP contribution < -0.4 is 118 Å². The number of carbonyl (C=O) groups excluding carboxylic acids is 1. The Balaban J connectivity index is -0.000000237. The van der Waals surface area contributed by atoms with Crippen LogP contribution in [0, 0.1) is 36.7 Å². The Morgan fingerprint density at radius 2 is 1.70 bits per heavy atom. The van der Waals surface area contributed by atoms with Gasteiger partial charge in [0.05, 0.1) is 49.2 Å². The minimum absolute atomic E-state index is 0. The van der Waals surface area contributed by atoms with Gasteiger partial charge in [-0.05, 0) is 44.5 Å². The molecular formula is C25H32FK2N5O7. The number of nitro groups is 1. The van der Waals surface area contributed by atoms with E-state index >= 15 is 0 Å². The summed E-state index contributed by atoms with van der Waals surface area (Å²) in [6.07, 6.45) is 7.21. The number of aromatic nitrogens is 4. The number of methoxy groups -OCH3 is 2. The molecule has 4 aromatic rings. The van der Waals surface area contributed by atoms with E-state index in [2.05, 4.69) is 30.6 Å². The molecule has 0 atom stereocenters. The molecule has 0 saturated heterocycles. The maximum Gasteiger partial charge on any atom is 1.00 e. The molecule has 0 aliphatic rings. The van der Waals surface area contributed by atoms with Crippen LogP contribution in [0.5, 0.6) is 11.5 Å². The number of halogens is 1. The van der Waals surface area contributed by atoms with Crippen molar-refractivity contribution in [3.05, 3.63) is 94.3 Å². The second kappa shape index (κ2) is 24.1. The van der Waals surface area contributed by atoms with Gasteiger partial charge in [-0.25, -0.2) is 14.4 Å². The van der Waals surface area contributed by atoms with Crippen LogP contribution in [0.3, 0.4) is 0 Å². The summed E-state index contributed by atoms with van der Waals surface area (Å²) in [4.78, 5) is 31.7. The Bertz CT molecular complexity index is 1270. The van der Waals surface area contributed by atoms with Gasteiger partial charge in [0.2, 0.25) is 0 Å². The summed E-state index contributed by atoms with van der Waals surface area (Å²) in [7, 11) is 2.93. The number of H-pyrrole nitrogens is 1. The van der Waals surface area contributed by atoms with Crippen molar-refractivity contribution in [1.29, 1.82) is 0 Å². The van der Waals surface area contributed by atoms with Gasteiger partial charge in [0.15, 0.2) is 11.6 Å². The second-order valence-corrected chi connectivity index (χ2v) is 7.10. The van der Waals surface area contributed by atoms with Gasteiger partial charge in [0.1, 0.15) is 5.75 Å². The minimum atomic E-state index is -0.609. The molecule has 0 unspecified atom stereocenters. The number of ether oxygens (including phenoxy) is 2. The van der Waals surface area contributed by atoms with E-state index in [1.807, 2.05) is 43.7 Å². The molecule has 15 heteroatoms. The molecule has 40 heavy (non-hydrogen) atoms. The Kier molecular flexibility index (Phi) is 25.9. The molecule has 0 saturated carbocycles. The Labute approximate surface area is 319 Å². The van der Waals surface area contributed by atoms with Gasteiger partial charge in [0, 0.05) is 24.2 Å². The third kappa shape index (κ3) is 16.1. The Hall–Kier alpha value is -1.51. The van der Waals surface area contributed by atoms with Crippen LogP contribution in [0.1, 0.15) is 25.8 Å². The molecule has 208 valence electrons. The average Bonchev–Trinajstić information content (AvgIpc) is 3.55. The zero-order valence-electron chi connectivity index (χ0n) is 23.9. The Morgan fingerprint density at radius 1 is 1.07 bits per heavy atom. The van der Waals surface area contributed by atoms with Crippen LogP contribution in [0.4, 0.5) is 10.1 Å². The van der Waals surface area contributed by atoms with Crippen molar-refractivity contribution >= 4 is 12.2 Å². The number of nitro benzene ring substituents is 1. The number of nitrogens with one attached hydrogen (secondary N) is 1. The van der Waals surface area contributed by atoms with Crippen LogP contribution in [-0.2, 0) is 9.68 Å². The Morgan fingerprint density at radius 3 is 2.10 bits per heavy atom. The predicted molar refractivity (Wildman–Crippen MR) is 138 cm³/mol. The van der Waals surface area contributed by atoms with E-state index in [-0.39, 0.29) is 130 Å². The molecule has 0 amide bonds. The number of benzene rings is 2. The SMILES string of the molecule is C.COc1cc(C)ccc1-n1cnc(C)c1.COc1cc([N+](=O)[O-])ccc1F.Cc1cnc[nH]1.O=CO[O-].[H-].[K+].[K+]. The number of nitrogens with zero attached hydrogens (tertiary/aromatic N) is 4. The third-order valence-electron chi connectivity index (χ3n) is 4.34. The number of aromatic amines is 1. The van der Waals surface area contributed by atoms with E-state index < -0.39 is 10.7 Å². The molecule has 0 bridgehead atoms. The van der Waals surface area contributed by atoms with Gasteiger partial charge in [-0.2, -0.15) is 0 Å². The van der Waals surface area contributed by atoms with Gasteiger partial charge in [-0.15, -0.1) is 0 Å². The topological polar surface area (TPSA) is 157 Å². The molecule has 0 radical (unpaired) electrons. The van der Waals surface area contributed by atoms with Gasteiger partial charge in [-0.3, -0.25) is 14.9 Å². The van der Waals surface area contributed by atoms with Crippen LogP contribution >= 0.6 is 0 Å². The van der Waals surface area contributed by atoms with Gasteiger partial charge < -0.3 is 30.6 Å². The third-order valence-corrected chi connectivity index (χ3v) is 4.34. The number of hydrogen-bond acceptors (Lipinski definition) is 9. The van der Waals surface area contributed by atoms with Crippen molar-refractivity contribution < 1.29 is 138 Å². The number of rotatable bonds is 5. The van der Waals surface area contributed by atoms with E-state index in [0.717, 1.165) is 41.0 Å². The summed E-state index contributed by atoms with van der Waals surface area (Å²) in [5, 5.41) is 18.6. The van der Waals surface area contributed by atoms with Crippen LogP contribution in [0.25, 0.3) is 5.69 Å². The van der Waals surface area contributed by atoms with E-state index in [9.17, 15) is 14.5 Å². The zero-order valence-corrected chi connectivity index (χ0v) is 29.1. The van der Waals surface area contributed by atoms with E-state index in [1.54, 1.807) is 26.0 Å². The first kappa shape index (κ1) is 43.0. The van der Waals surface area contributed by atoms with Crippen molar-refractivity contribution in [2.75, 3.05) is 14.2 Å².